The molecule has 0 unspecified atom stereocenters. The maximum Gasteiger partial charge on any atom is 0.137 e. The van der Waals surface area contributed by atoms with Crippen molar-refractivity contribution in [1.82, 2.24) is 0 Å². The Hall–Kier alpha value is -6.42. The minimum absolute atomic E-state index is 0.874. The van der Waals surface area contributed by atoms with Crippen molar-refractivity contribution in [3.05, 3.63) is 176 Å². The maximum absolute atomic E-state index is 6.60. The van der Waals surface area contributed by atoms with Crippen LogP contribution in [0.1, 0.15) is 0 Å². The molecule has 2 nitrogen and oxygen atoms in total. The van der Waals surface area contributed by atoms with Gasteiger partial charge in [-0.05, 0) is 80.5 Å². The molecule has 0 aliphatic carbocycles. The number of hydrogen-bond donors (Lipinski definition) is 0. The number of benzene rings is 9. The number of furan rings is 1. The first-order chi connectivity index (χ1) is 25.3. The standard InChI is InChI=1S/C48H29NOS/c1-2-10-30(11-3-1)32-21-27-45-42(28-32)39-24-22-33(29-46(39)50-45)49(44-18-9-16-41-40-14-6-7-19-47(40)51-48(41)44)43-17-8-15-35-37-23-20-31-12-4-5-13-34(31)36(37)25-26-38(35)43/h1-29H. The topological polar surface area (TPSA) is 16.4 Å². The zero-order chi connectivity index (χ0) is 33.5. The Labute approximate surface area is 298 Å². The lowest BCUT2D eigenvalue weighted by Gasteiger charge is -2.27. The number of rotatable bonds is 4. The van der Waals surface area contributed by atoms with E-state index in [0.29, 0.717) is 0 Å². The lowest BCUT2D eigenvalue weighted by molar-refractivity contribution is 0.669. The van der Waals surface area contributed by atoms with Gasteiger partial charge in [0.2, 0.25) is 0 Å². The molecule has 0 atom stereocenters. The van der Waals surface area contributed by atoms with Crippen LogP contribution in [-0.2, 0) is 0 Å². The fraction of sp³-hybridized carbons (Fsp3) is 0. The van der Waals surface area contributed by atoms with Crippen LogP contribution in [0.2, 0.25) is 0 Å². The van der Waals surface area contributed by atoms with Crippen molar-refractivity contribution >= 4 is 103 Å². The van der Waals surface area contributed by atoms with Crippen molar-refractivity contribution in [2.75, 3.05) is 4.90 Å². The third kappa shape index (κ3) is 4.35. The average molecular weight is 668 g/mol. The van der Waals surface area contributed by atoms with Crippen LogP contribution in [0.5, 0.6) is 0 Å². The molecule has 11 rings (SSSR count). The summed E-state index contributed by atoms with van der Waals surface area (Å²) >= 11 is 1.86. The molecule has 0 saturated heterocycles. The molecule has 51 heavy (non-hydrogen) atoms. The highest BCUT2D eigenvalue weighted by Crippen LogP contribution is 2.48. The minimum Gasteiger partial charge on any atom is -0.456 e. The van der Waals surface area contributed by atoms with Gasteiger partial charge in [-0.3, -0.25) is 0 Å². The van der Waals surface area contributed by atoms with E-state index in [1.54, 1.807) is 0 Å². The van der Waals surface area contributed by atoms with E-state index in [1.165, 1.54) is 63.6 Å². The number of nitrogens with zero attached hydrogens (tertiary/aromatic N) is 1. The number of hydrogen-bond acceptors (Lipinski definition) is 3. The molecule has 2 heterocycles. The molecule has 0 radical (unpaired) electrons. The van der Waals surface area contributed by atoms with Crippen LogP contribution in [-0.4, -0.2) is 0 Å². The van der Waals surface area contributed by atoms with Crippen molar-refractivity contribution in [3.8, 4) is 11.1 Å². The van der Waals surface area contributed by atoms with E-state index in [4.69, 9.17) is 4.42 Å². The first-order valence-corrected chi connectivity index (χ1v) is 18.2. The monoisotopic (exact) mass is 667 g/mol. The van der Waals surface area contributed by atoms with Gasteiger partial charge in [0.25, 0.3) is 0 Å². The van der Waals surface area contributed by atoms with Gasteiger partial charge in [0, 0.05) is 43.4 Å². The van der Waals surface area contributed by atoms with Gasteiger partial charge in [0.1, 0.15) is 11.2 Å². The molecule has 0 aliphatic heterocycles. The largest absolute Gasteiger partial charge is 0.456 e. The molecule has 0 N–H and O–H groups in total. The van der Waals surface area contributed by atoms with Crippen molar-refractivity contribution in [2.24, 2.45) is 0 Å². The third-order valence-corrected chi connectivity index (χ3v) is 11.7. The molecule has 0 fully saturated rings. The predicted octanol–water partition coefficient (Wildman–Crippen LogP) is 14.6. The zero-order valence-corrected chi connectivity index (χ0v) is 28.3. The smallest absolute Gasteiger partial charge is 0.137 e. The molecule has 0 aliphatic rings. The molecular weight excluding hydrogens is 639 g/mol. The molecule has 9 aromatic carbocycles. The van der Waals surface area contributed by atoms with Crippen molar-refractivity contribution in [3.63, 3.8) is 0 Å². The molecule has 0 saturated carbocycles. The number of anilines is 3. The van der Waals surface area contributed by atoms with Gasteiger partial charge in [-0.2, -0.15) is 0 Å². The van der Waals surface area contributed by atoms with Gasteiger partial charge in [0.15, 0.2) is 0 Å². The molecule has 0 spiro atoms. The second-order valence-electron chi connectivity index (χ2n) is 13.3. The zero-order valence-electron chi connectivity index (χ0n) is 27.5. The van der Waals surface area contributed by atoms with Crippen molar-refractivity contribution in [1.29, 1.82) is 0 Å². The van der Waals surface area contributed by atoms with Gasteiger partial charge < -0.3 is 9.32 Å². The summed E-state index contributed by atoms with van der Waals surface area (Å²) in [5.41, 5.74) is 7.49. The lowest BCUT2D eigenvalue weighted by atomic mass is 9.96. The van der Waals surface area contributed by atoms with Crippen molar-refractivity contribution in [2.45, 2.75) is 0 Å². The summed E-state index contributed by atoms with van der Waals surface area (Å²) in [5.74, 6) is 0. The van der Waals surface area contributed by atoms with E-state index in [1.807, 2.05) is 11.3 Å². The average Bonchev–Trinajstić information content (AvgIpc) is 3.76. The summed E-state index contributed by atoms with van der Waals surface area (Å²) in [5, 5.41) is 12.3. The fourth-order valence-corrected chi connectivity index (χ4v) is 9.27. The highest BCUT2D eigenvalue weighted by molar-refractivity contribution is 7.26. The van der Waals surface area contributed by atoms with E-state index in [-0.39, 0.29) is 0 Å². The second-order valence-corrected chi connectivity index (χ2v) is 14.3. The fourth-order valence-electron chi connectivity index (χ4n) is 8.07. The van der Waals surface area contributed by atoms with Gasteiger partial charge in [-0.1, -0.05) is 127 Å². The van der Waals surface area contributed by atoms with Gasteiger partial charge >= 0.3 is 0 Å². The molecule has 3 heteroatoms. The molecule has 0 amide bonds. The molecule has 11 aromatic rings. The highest BCUT2D eigenvalue weighted by atomic mass is 32.1. The third-order valence-electron chi connectivity index (χ3n) is 10.4. The van der Waals surface area contributed by atoms with Crippen LogP contribution in [0.25, 0.3) is 85.6 Å². The van der Waals surface area contributed by atoms with Crippen LogP contribution >= 0.6 is 11.3 Å². The Balaban J connectivity index is 1.17. The van der Waals surface area contributed by atoms with Gasteiger partial charge in [-0.15, -0.1) is 11.3 Å². The predicted molar refractivity (Wildman–Crippen MR) is 219 cm³/mol. The van der Waals surface area contributed by atoms with Crippen molar-refractivity contribution < 1.29 is 4.42 Å². The Morgan fingerprint density at radius 3 is 1.98 bits per heavy atom. The van der Waals surface area contributed by atoms with Crippen LogP contribution in [0.15, 0.2) is 180 Å². The quantitative estimate of drug-likeness (QED) is 0.174. The van der Waals surface area contributed by atoms with Crippen LogP contribution in [0.3, 0.4) is 0 Å². The number of thiophene rings is 1. The SMILES string of the molecule is c1ccc(-c2ccc3oc4cc(N(c5cccc6c5ccc5c7ccccc7ccc65)c5cccc6c5sc5ccccc56)ccc4c3c2)cc1. The van der Waals surface area contributed by atoms with Crippen LogP contribution in [0.4, 0.5) is 17.1 Å². The first-order valence-electron chi connectivity index (χ1n) is 17.3. The molecular formula is C48H29NOS. The summed E-state index contributed by atoms with van der Waals surface area (Å²) in [7, 11) is 0. The van der Waals surface area contributed by atoms with Gasteiger partial charge in [-0.25, -0.2) is 0 Å². The number of fused-ring (bicyclic) bond motifs is 11. The minimum atomic E-state index is 0.874. The van der Waals surface area contributed by atoms with Crippen LogP contribution < -0.4 is 4.90 Å². The lowest BCUT2D eigenvalue weighted by Crippen LogP contribution is -2.10. The Morgan fingerprint density at radius 1 is 0.373 bits per heavy atom. The summed E-state index contributed by atoms with van der Waals surface area (Å²) in [6, 6.07) is 63.7. The second kappa shape index (κ2) is 11.0. The van der Waals surface area contributed by atoms with E-state index in [2.05, 4.69) is 181 Å². The van der Waals surface area contributed by atoms with E-state index < -0.39 is 0 Å². The van der Waals surface area contributed by atoms with E-state index in [9.17, 15) is 0 Å². The Kier molecular flexibility index (Phi) is 6.16. The first kappa shape index (κ1) is 28.4. The normalized spacial score (nSPS) is 11.9. The summed E-state index contributed by atoms with van der Waals surface area (Å²) in [6.45, 7) is 0. The summed E-state index contributed by atoms with van der Waals surface area (Å²) < 4.78 is 9.16. The van der Waals surface area contributed by atoms with E-state index >= 15 is 0 Å². The highest BCUT2D eigenvalue weighted by Gasteiger charge is 2.22. The maximum atomic E-state index is 6.60. The molecule has 0 bridgehead atoms. The van der Waals surface area contributed by atoms with E-state index in [0.717, 1.165) is 39.0 Å². The van der Waals surface area contributed by atoms with Gasteiger partial charge in [0.05, 0.1) is 16.1 Å². The summed E-state index contributed by atoms with van der Waals surface area (Å²) in [6.07, 6.45) is 0. The molecule has 238 valence electrons. The Bertz CT molecular complexity index is 3150. The Morgan fingerprint density at radius 2 is 1.06 bits per heavy atom. The van der Waals surface area contributed by atoms with Crippen LogP contribution in [0, 0.1) is 0 Å². The summed E-state index contributed by atoms with van der Waals surface area (Å²) in [4.78, 5) is 2.44. The molecule has 2 aromatic heterocycles.